The summed E-state index contributed by atoms with van der Waals surface area (Å²) < 4.78 is 49.8. The predicted octanol–water partition coefficient (Wildman–Crippen LogP) is 7.45. The molecule has 1 heterocycles. The van der Waals surface area contributed by atoms with E-state index in [1.54, 1.807) is 18.2 Å². The topological polar surface area (TPSA) is 84.1 Å². The van der Waals surface area contributed by atoms with E-state index >= 15 is 0 Å². The van der Waals surface area contributed by atoms with E-state index in [1.807, 2.05) is 12.1 Å². The van der Waals surface area contributed by atoms with Crippen molar-refractivity contribution in [3.05, 3.63) is 75.5 Å². The number of carbonyl (C=O) groups is 1. The molecule has 0 radical (unpaired) electrons. The maximum Gasteiger partial charge on any atom is 0.272 e. The first-order valence-electron chi connectivity index (χ1n) is 17.0. The molecule has 6 nitrogen and oxygen atoms in total. The van der Waals surface area contributed by atoms with Crippen LogP contribution in [0, 0.1) is 40.3 Å². The maximum absolute atomic E-state index is 14.8. The van der Waals surface area contributed by atoms with Gasteiger partial charge in [-0.15, -0.1) is 0 Å². The molecular formula is C37H44F3N3O3. The Hall–Kier alpha value is -3.20. The van der Waals surface area contributed by atoms with Crippen LogP contribution in [0.1, 0.15) is 93.3 Å². The summed E-state index contributed by atoms with van der Waals surface area (Å²) in [5.74, 6) is -1.85. The predicted molar refractivity (Wildman–Crippen MR) is 170 cm³/mol. The molecule has 9 heteroatoms. The molecule has 7 rings (SSSR count). The van der Waals surface area contributed by atoms with E-state index in [4.69, 9.17) is 4.74 Å². The highest BCUT2D eigenvalue weighted by atomic mass is 19.3. The minimum Gasteiger partial charge on any atom is -0.376 e. The van der Waals surface area contributed by atoms with Crippen LogP contribution in [0.5, 0.6) is 0 Å². The van der Waals surface area contributed by atoms with Crippen molar-refractivity contribution in [2.75, 3.05) is 13.2 Å². The van der Waals surface area contributed by atoms with Crippen LogP contribution in [0.25, 0.3) is 10.8 Å². The molecule has 0 saturated heterocycles. The first kappa shape index (κ1) is 31.4. The van der Waals surface area contributed by atoms with Crippen molar-refractivity contribution >= 4 is 16.7 Å². The largest absolute Gasteiger partial charge is 0.376 e. The van der Waals surface area contributed by atoms with Gasteiger partial charge in [0.05, 0.1) is 29.4 Å². The zero-order chi connectivity index (χ0) is 32.3. The molecule has 3 aromatic rings. The number of halogens is 3. The lowest BCUT2D eigenvalue weighted by atomic mass is 9.45. The van der Waals surface area contributed by atoms with Crippen LogP contribution >= 0.6 is 0 Å². The number of hydrogen-bond donors (Lipinski definition) is 2. The molecule has 4 aliphatic carbocycles. The molecule has 0 bridgehead atoms. The number of alkyl halides is 2. The fourth-order valence-electron chi connectivity index (χ4n) is 10.2. The summed E-state index contributed by atoms with van der Waals surface area (Å²) in [6.07, 6.45) is 7.30. The number of carbonyl (C=O) groups excluding carboxylic acids is 1. The Labute approximate surface area is 267 Å². The fraction of sp³-hybridized carbons (Fsp3) is 0.595. The molecule has 7 atom stereocenters. The normalized spacial score (nSPS) is 33.2. The van der Waals surface area contributed by atoms with Gasteiger partial charge in [-0.1, -0.05) is 38.1 Å². The Kier molecular flexibility index (Phi) is 8.05. The average molecular weight is 636 g/mol. The molecule has 246 valence electrons. The van der Waals surface area contributed by atoms with E-state index in [0.29, 0.717) is 53.8 Å². The van der Waals surface area contributed by atoms with E-state index in [1.165, 1.54) is 12.1 Å². The minimum atomic E-state index is -2.51. The number of ether oxygens (including phenoxy) is 1. The van der Waals surface area contributed by atoms with Gasteiger partial charge in [0.2, 0.25) is 5.92 Å². The highest BCUT2D eigenvalue weighted by Gasteiger charge is 2.62. The van der Waals surface area contributed by atoms with Crippen molar-refractivity contribution in [1.29, 1.82) is 0 Å². The van der Waals surface area contributed by atoms with Crippen molar-refractivity contribution in [3.8, 4) is 0 Å². The highest BCUT2D eigenvalue weighted by molar-refractivity contribution is 5.94. The van der Waals surface area contributed by atoms with Crippen molar-refractivity contribution < 1.29 is 22.7 Å². The second kappa shape index (κ2) is 11.8. The number of nitrogens with one attached hydrogen (secondary N) is 2. The Morgan fingerprint density at radius 3 is 2.59 bits per heavy atom. The lowest BCUT2D eigenvalue weighted by Gasteiger charge is -2.61. The summed E-state index contributed by atoms with van der Waals surface area (Å²) in [6.45, 7) is 5.27. The van der Waals surface area contributed by atoms with Gasteiger partial charge >= 0.3 is 0 Å². The first-order chi connectivity index (χ1) is 22.0. The first-order valence-corrected chi connectivity index (χ1v) is 17.0. The van der Waals surface area contributed by atoms with Gasteiger partial charge in [0.1, 0.15) is 5.82 Å². The molecular weight excluding hydrogens is 591 g/mol. The van der Waals surface area contributed by atoms with Crippen molar-refractivity contribution in [2.45, 2.75) is 90.1 Å². The zero-order valence-electron chi connectivity index (χ0n) is 26.7. The molecule has 4 aliphatic rings. The summed E-state index contributed by atoms with van der Waals surface area (Å²) in [5, 5.41) is 10.8. The van der Waals surface area contributed by atoms with Crippen LogP contribution in [0.2, 0.25) is 0 Å². The lowest BCUT2D eigenvalue weighted by molar-refractivity contribution is -0.169. The van der Waals surface area contributed by atoms with Crippen LogP contribution in [0.3, 0.4) is 0 Å². The van der Waals surface area contributed by atoms with Crippen LogP contribution in [-0.2, 0) is 11.2 Å². The molecule has 2 aromatic carbocycles. The summed E-state index contributed by atoms with van der Waals surface area (Å²) in [7, 11) is 0. The second-order valence-electron chi connectivity index (χ2n) is 15.0. The highest BCUT2D eigenvalue weighted by Crippen LogP contribution is 2.67. The fourth-order valence-corrected chi connectivity index (χ4v) is 10.2. The smallest absolute Gasteiger partial charge is 0.272 e. The summed E-state index contributed by atoms with van der Waals surface area (Å²) in [5.41, 5.74) is 1.10. The molecule has 4 fully saturated rings. The third kappa shape index (κ3) is 5.46. The number of H-pyrrole nitrogens is 1. The van der Waals surface area contributed by atoms with Gasteiger partial charge in [-0.05, 0) is 103 Å². The monoisotopic (exact) mass is 635 g/mol. The number of fused-ring (bicyclic) bond motifs is 6. The Morgan fingerprint density at radius 1 is 0.978 bits per heavy atom. The summed E-state index contributed by atoms with van der Waals surface area (Å²) in [4.78, 5) is 25.2. The van der Waals surface area contributed by atoms with E-state index < -0.39 is 17.6 Å². The van der Waals surface area contributed by atoms with E-state index in [0.717, 1.165) is 43.9 Å². The Bertz CT molecular complexity index is 1690. The van der Waals surface area contributed by atoms with Crippen LogP contribution in [0.4, 0.5) is 13.2 Å². The second-order valence-corrected chi connectivity index (χ2v) is 15.0. The van der Waals surface area contributed by atoms with Gasteiger partial charge < -0.3 is 10.1 Å². The molecule has 0 spiro atoms. The minimum absolute atomic E-state index is 0.0199. The van der Waals surface area contributed by atoms with Gasteiger partial charge in [0.25, 0.3) is 11.5 Å². The Morgan fingerprint density at radius 2 is 1.76 bits per heavy atom. The van der Waals surface area contributed by atoms with Gasteiger partial charge in [-0.2, -0.15) is 5.10 Å². The number of nitrogens with zero attached hydrogens (tertiary/aromatic N) is 1. The van der Waals surface area contributed by atoms with Crippen LogP contribution in [-0.4, -0.2) is 41.3 Å². The number of benzene rings is 2. The molecule has 4 saturated carbocycles. The van der Waals surface area contributed by atoms with Crippen molar-refractivity contribution in [2.24, 2.45) is 34.5 Å². The van der Waals surface area contributed by atoms with Gasteiger partial charge in [-0.25, -0.2) is 18.3 Å². The number of aromatic amines is 1. The number of amides is 1. The molecule has 1 amide bonds. The Balaban J connectivity index is 0.952. The van der Waals surface area contributed by atoms with Crippen LogP contribution in [0.15, 0.2) is 47.3 Å². The SMILES string of the molecule is CC12CCC(F)(F)C[C@@H]1CC[C@@H]1[C@@H]2CC[C@]2(C)[C@@H](OCCNC(=O)c3cc(Cc4n[nH]c(=O)c5ccccc45)ccc3F)CC[C@@H]12. The zero-order valence-corrected chi connectivity index (χ0v) is 26.7. The summed E-state index contributed by atoms with van der Waals surface area (Å²) in [6, 6.07) is 11.6. The lowest BCUT2D eigenvalue weighted by Crippen LogP contribution is -2.55. The quantitative estimate of drug-likeness (QED) is 0.264. The molecule has 1 unspecified atom stereocenters. The standard InChI is InChI=1S/C37H44F3N3O3/c1-35-15-16-37(39,40)21-23(35)8-9-26-28-10-12-32(36(28,2)14-13-29(26)35)46-18-17-41-33(44)27-19-22(7-11-30(27)38)20-31-24-5-3-4-6-25(24)34(45)43-42-31/h3-7,11,19,23,26,28-29,32H,8-10,12-18,20-21H2,1-2H3,(H,41,44)(H,43,45)/t23-,26-,28-,29-,32-,35?,36-/m0/s1. The molecule has 0 aliphatic heterocycles. The third-order valence-electron chi connectivity index (χ3n) is 12.7. The third-order valence-corrected chi connectivity index (χ3v) is 12.7. The maximum atomic E-state index is 14.8. The molecule has 2 N–H and O–H groups in total. The van der Waals surface area contributed by atoms with E-state index in [2.05, 4.69) is 29.4 Å². The molecule has 46 heavy (non-hydrogen) atoms. The average Bonchev–Trinajstić information content (AvgIpc) is 3.38. The molecule has 1 aromatic heterocycles. The summed E-state index contributed by atoms with van der Waals surface area (Å²) >= 11 is 0. The van der Waals surface area contributed by atoms with Gasteiger partial charge in [-0.3, -0.25) is 9.59 Å². The van der Waals surface area contributed by atoms with Crippen molar-refractivity contribution in [1.82, 2.24) is 15.5 Å². The van der Waals surface area contributed by atoms with Crippen molar-refractivity contribution in [3.63, 3.8) is 0 Å². The number of aromatic nitrogens is 2. The van der Waals surface area contributed by atoms with Gasteiger partial charge in [0.15, 0.2) is 0 Å². The number of hydrogen-bond acceptors (Lipinski definition) is 4. The van der Waals surface area contributed by atoms with Crippen LogP contribution < -0.4 is 10.9 Å². The number of rotatable bonds is 7. The van der Waals surface area contributed by atoms with E-state index in [9.17, 15) is 22.8 Å². The van der Waals surface area contributed by atoms with Gasteiger partial charge in [0, 0.05) is 31.2 Å². The van der Waals surface area contributed by atoms with E-state index in [-0.39, 0.29) is 53.4 Å².